The Morgan fingerprint density at radius 1 is 1.78 bits per heavy atom. The maximum atomic E-state index is 5.90. The van der Waals surface area contributed by atoms with E-state index in [1.54, 1.807) is 13.2 Å². The molecule has 0 aromatic rings. The van der Waals surface area contributed by atoms with E-state index < -0.39 is 0 Å². The molecule has 0 radical (unpaired) electrons. The summed E-state index contributed by atoms with van der Waals surface area (Å²) in [4.78, 5) is -0.296. The first-order valence-electron chi connectivity index (χ1n) is 2.94. The molecule has 0 amide bonds. The molecule has 0 fully saturated rings. The molecule has 0 saturated carbocycles. The third-order valence-corrected chi connectivity index (χ3v) is 1.56. The molecule has 0 heterocycles. The monoisotopic (exact) mass is 148 g/mol. The zero-order valence-electron chi connectivity index (χ0n) is 5.98. The first-order valence-corrected chi connectivity index (χ1v) is 3.31. The van der Waals surface area contributed by atoms with Crippen LogP contribution in [0, 0.1) is 0 Å². The van der Waals surface area contributed by atoms with E-state index in [-0.39, 0.29) is 4.87 Å². The number of allylic oxidation sites excluding steroid dienone is 1. The fourth-order valence-corrected chi connectivity index (χ4v) is 0.481. The Balaban J connectivity index is 3.45. The van der Waals surface area contributed by atoms with E-state index >= 15 is 0 Å². The van der Waals surface area contributed by atoms with Crippen LogP contribution in [0.25, 0.3) is 0 Å². The van der Waals surface area contributed by atoms with E-state index in [4.69, 9.17) is 16.3 Å². The molecule has 0 aliphatic rings. The number of hydrogen-bond donors (Lipinski definition) is 0. The third-order valence-electron chi connectivity index (χ3n) is 1.22. The topological polar surface area (TPSA) is 9.23 Å². The van der Waals surface area contributed by atoms with Gasteiger partial charge in [-0.1, -0.05) is 6.08 Å². The van der Waals surface area contributed by atoms with E-state index in [1.807, 2.05) is 6.92 Å². The summed E-state index contributed by atoms with van der Waals surface area (Å²) in [5.74, 6) is 0. The van der Waals surface area contributed by atoms with Gasteiger partial charge in [0.1, 0.15) is 0 Å². The molecule has 0 bridgehead atoms. The molecular weight excluding hydrogens is 136 g/mol. The molecule has 0 rings (SSSR count). The zero-order valence-corrected chi connectivity index (χ0v) is 6.74. The largest absolute Gasteiger partial charge is 0.385 e. The molecule has 0 spiro atoms. The third kappa shape index (κ3) is 4.49. The minimum atomic E-state index is -0.296. The van der Waals surface area contributed by atoms with Crippen molar-refractivity contribution >= 4 is 11.6 Å². The predicted octanol–water partition coefficient (Wildman–Crippen LogP) is 2.21. The molecule has 0 saturated heterocycles. The molecule has 2 heteroatoms. The first-order chi connectivity index (χ1) is 4.12. The minimum absolute atomic E-state index is 0.296. The van der Waals surface area contributed by atoms with Crippen LogP contribution in [0.1, 0.15) is 13.3 Å². The van der Waals surface area contributed by atoms with Crippen LogP contribution in [-0.4, -0.2) is 18.6 Å². The van der Waals surface area contributed by atoms with Gasteiger partial charge in [0.25, 0.3) is 0 Å². The molecule has 1 atom stereocenters. The summed E-state index contributed by atoms with van der Waals surface area (Å²) in [6.07, 6.45) is 2.54. The lowest BCUT2D eigenvalue weighted by Gasteiger charge is -2.15. The normalized spacial score (nSPS) is 16.8. The van der Waals surface area contributed by atoms with Crippen molar-refractivity contribution in [1.29, 1.82) is 0 Å². The van der Waals surface area contributed by atoms with Gasteiger partial charge < -0.3 is 4.74 Å². The van der Waals surface area contributed by atoms with Crippen molar-refractivity contribution in [1.82, 2.24) is 0 Å². The summed E-state index contributed by atoms with van der Waals surface area (Å²) in [5, 5.41) is 0. The van der Waals surface area contributed by atoms with Crippen LogP contribution < -0.4 is 0 Å². The average molecular weight is 149 g/mol. The highest BCUT2D eigenvalue weighted by atomic mass is 35.5. The molecule has 1 unspecified atom stereocenters. The smallest absolute Gasteiger partial charge is 0.0617 e. The summed E-state index contributed by atoms with van der Waals surface area (Å²) >= 11 is 5.90. The van der Waals surface area contributed by atoms with Gasteiger partial charge in [0.15, 0.2) is 0 Å². The molecule has 1 nitrogen and oxygen atoms in total. The Morgan fingerprint density at radius 2 is 2.33 bits per heavy atom. The zero-order chi connectivity index (χ0) is 7.33. The van der Waals surface area contributed by atoms with E-state index in [9.17, 15) is 0 Å². The van der Waals surface area contributed by atoms with E-state index in [0.29, 0.717) is 6.61 Å². The van der Waals surface area contributed by atoms with Crippen LogP contribution in [0.2, 0.25) is 0 Å². The van der Waals surface area contributed by atoms with Crippen molar-refractivity contribution in [3.63, 3.8) is 0 Å². The van der Waals surface area contributed by atoms with Crippen molar-refractivity contribution in [2.75, 3.05) is 13.7 Å². The molecule has 0 aromatic carbocycles. The summed E-state index contributed by atoms with van der Waals surface area (Å²) in [6.45, 7) is 6.20. The molecule has 0 aliphatic heterocycles. The quantitative estimate of drug-likeness (QED) is 0.439. The van der Waals surface area contributed by atoms with Crippen molar-refractivity contribution in [2.24, 2.45) is 0 Å². The maximum absolute atomic E-state index is 5.90. The lowest BCUT2D eigenvalue weighted by atomic mass is 10.1. The van der Waals surface area contributed by atoms with Crippen LogP contribution in [0.3, 0.4) is 0 Å². The Kier molecular flexibility index (Phi) is 3.91. The fraction of sp³-hybridized carbons (Fsp3) is 0.714. The van der Waals surface area contributed by atoms with Gasteiger partial charge in [0, 0.05) is 13.7 Å². The average Bonchev–Trinajstić information content (AvgIpc) is 1.84. The fourth-order valence-electron chi connectivity index (χ4n) is 0.404. The molecular formula is C7H13ClO. The summed E-state index contributed by atoms with van der Waals surface area (Å²) in [5.41, 5.74) is 0. The summed E-state index contributed by atoms with van der Waals surface area (Å²) in [7, 11) is 1.66. The second-order valence-corrected chi connectivity index (χ2v) is 3.09. The molecule has 0 aliphatic carbocycles. The summed E-state index contributed by atoms with van der Waals surface area (Å²) < 4.78 is 4.85. The number of rotatable bonds is 4. The van der Waals surface area contributed by atoms with Gasteiger partial charge in [0.05, 0.1) is 4.87 Å². The Morgan fingerprint density at radius 3 is 2.67 bits per heavy atom. The van der Waals surface area contributed by atoms with E-state index in [1.165, 1.54) is 0 Å². The molecule has 9 heavy (non-hydrogen) atoms. The van der Waals surface area contributed by atoms with Gasteiger partial charge in [-0.05, 0) is 13.3 Å². The van der Waals surface area contributed by atoms with Crippen LogP contribution in [0.15, 0.2) is 12.7 Å². The maximum Gasteiger partial charge on any atom is 0.0617 e. The SMILES string of the molecule is C=CC(C)(Cl)CCOC. The first kappa shape index (κ1) is 8.99. The summed E-state index contributed by atoms with van der Waals surface area (Å²) in [6, 6.07) is 0. The van der Waals surface area contributed by atoms with E-state index in [0.717, 1.165) is 6.42 Å². The lowest BCUT2D eigenvalue weighted by Crippen LogP contribution is -2.14. The molecule has 0 N–H and O–H groups in total. The highest BCUT2D eigenvalue weighted by molar-refractivity contribution is 6.24. The number of halogens is 1. The van der Waals surface area contributed by atoms with Crippen LogP contribution in [0.4, 0.5) is 0 Å². The molecule has 0 aromatic heterocycles. The van der Waals surface area contributed by atoms with Crippen molar-refractivity contribution in [3.05, 3.63) is 12.7 Å². The second-order valence-electron chi connectivity index (χ2n) is 2.22. The van der Waals surface area contributed by atoms with Crippen molar-refractivity contribution < 1.29 is 4.74 Å². The Labute approximate surface area is 61.7 Å². The van der Waals surface area contributed by atoms with Crippen LogP contribution >= 0.6 is 11.6 Å². The lowest BCUT2D eigenvalue weighted by molar-refractivity contribution is 0.189. The highest BCUT2D eigenvalue weighted by Gasteiger charge is 2.14. The van der Waals surface area contributed by atoms with Gasteiger partial charge in [-0.3, -0.25) is 0 Å². The van der Waals surface area contributed by atoms with Crippen LogP contribution in [0.5, 0.6) is 0 Å². The highest BCUT2D eigenvalue weighted by Crippen LogP contribution is 2.19. The minimum Gasteiger partial charge on any atom is -0.385 e. The predicted molar refractivity (Wildman–Crippen MR) is 40.9 cm³/mol. The van der Waals surface area contributed by atoms with Gasteiger partial charge in [0.2, 0.25) is 0 Å². The van der Waals surface area contributed by atoms with Crippen molar-refractivity contribution in [2.45, 2.75) is 18.2 Å². The number of methoxy groups -OCH3 is 1. The number of ether oxygens (including phenoxy) is 1. The van der Waals surface area contributed by atoms with Gasteiger partial charge in [-0.25, -0.2) is 0 Å². The van der Waals surface area contributed by atoms with Gasteiger partial charge in [-0.15, -0.1) is 18.2 Å². The Hall–Kier alpha value is -0.0100. The second kappa shape index (κ2) is 3.91. The Bertz CT molecular complexity index is 88.9. The van der Waals surface area contributed by atoms with Crippen molar-refractivity contribution in [3.8, 4) is 0 Å². The van der Waals surface area contributed by atoms with E-state index in [2.05, 4.69) is 6.58 Å². The number of hydrogen-bond acceptors (Lipinski definition) is 1. The standard InChI is InChI=1S/C7H13ClO/c1-4-7(2,8)5-6-9-3/h4H,1,5-6H2,2-3H3. The number of alkyl halides is 1. The van der Waals surface area contributed by atoms with Gasteiger partial charge in [-0.2, -0.15) is 0 Å². The van der Waals surface area contributed by atoms with Gasteiger partial charge >= 0.3 is 0 Å². The molecule has 54 valence electrons. The van der Waals surface area contributed by atoms with Crippen LogP contribution in [-0.2, 0) is 4.74 Å².